The van der Waals surface area contributed by atoms with E-state index in [0.717, 1.165) is 5.56 Å². The molecule has 0 fully saturated rings. The summed E-state index contributed by atoms with van der Waals surface area (Å²) in [4.78, 5) is 31.5. The zero-order chi connectivity index (χ0) is 17.0. The summed E-state index contributed by atoms with van der Waals surface area (Å²) in [5, 5.41) is 0. The van der Waals surface area contributed by atoms with Crippen molar-refractivity contribution in [3.63, 3.8) is 0 Å². The molecule has 0 saturated carbocycles. The number of aromatic amines is 2. The summed E-state index contributed by atoms with van der Waals surface area (Å²) in [6.07, 6.45) is 0.667. The summed E-state index contributed by atoms with van der Waals surface area (Å²) in [6.45, 7) is 3.78. The Kier molecular flexibility index (Phi) is 5.50. The van der Waals surface area contributed by atoms with Crippen molar-refractivity contribution in [2.24, 2.45) is 0 Å². The molecule has 0 bridgehead atoms. The lowest BCUT2D eigenvalue weighted by molar-refractivity contribution is -0.131. The van der Waals surface area contributed by atoms with E-state index in [0.29, 0.717) is 22.4 Å². The molecule has 6 heteroatoms. The molecule has 2 aromatic rings. The number of nitrogens with one attached hydrogen (secondary N) is 2. The molecule has 1 atom stereocenters. The average Bonchev–Trinajstić information content (AvgIpc) is 2.53. The van der Waals surface area contributed by atoms with Gasteiger partial charge in [0.1, 0.15) is 0 Å². The van der Waals surface area contributed by atoms with Crippen LogP contribution >= 0.6 is 12.2 Å². The molecule has 0 saturated heterocycles. The van der Waals surface area contributed by atoms with E-state index in [4.69, 9.17) is 12.2 Å². The molecule has 0 radical (unpaired) electrons. The molecule has 0 aliphatic heterocycles. The highest BCUT2D eigenvalue weighted by Crippen LogP contribution is 2.19. The lowest BCUT2D eigenvalue weighted by Crippen LogP contribution is -2.30. The monoisotopic (exact) mass is 331 g/mol. The quantitative estimate of drug-likeness (QED) is 0.828. The summed E-state index contributed by atoms with van der Waals surface area (Å²) in [5.41, 5.74) is 2.15. The molecule has 2 rings (SSSR count). The van der Waals surface area contributed by atoms with Gasteiger partial charge in [0.2, 0.25) is 5.91 Å². The first kappa shape index (κ1) is 17.1. The van der Waals surface area contributed by atoms with Crippen molar-refractivity contribution in [1.29, 1.82) is 0 Å². The van der Waals surface area contributed by atoms with Crippen LogP contribution in [0, 0.1) is 11.7 Å². The Bertz CT molecular complexity index is 795. The van der Waals surface area contributed by atoms with Crippen LogP contribution in [-0.2, 0) is 11.2 Å². The lowest BCUT2D eigenvalue weighted by Gasteiger charge is -2.25. The predicted octanol–water partition coefficient (Wildman–Crippen LogP) is 2.89. The zero-order valence-corrected chi connectivity index (χ0v) is 14.4. The van der Waals surface area contributed by atoms with Crippen LogP contribution in [0.4, 0.5) is 0 Å². The summed E-state index contributed by atoms with van der Waals surface area (Å²) in [7, 11) is 1.79. The van der Waals surface area contributed by atoms with Crippen LogP contribution in [0.2, 0.25) is 0 Å². The third-order valence-electron chi connectivity index (χ3n) is 4.10. The maximum atomic E-state index is 12.4. The molecule has 0 aliphatic carbocycles. The molecule has 1 heterocycles. The standard InChI is InChI=1S/C17H21N3O2S/c1-11-14(16(22)19-17(23)18-11)9-10-15(21)20(3)12(2)13-7-5-4-6-8-13/h4-8,12H,9-10H2,1-3H3,(H2,18,19,22,23)/t12-/m1/s1. The van der Waals surface area contributed by atoms with Gasteiger partial charge in [0, 0.05) is 24.7 Å². The Labute approximate surface area is 140 Å². The number of hydrogen-bond donors (Lipinski definition) is 2. The number of benzene rings is 1. The molecule has 0 unspecified atom stereocenters. The van der Waals surface area contributed by atoms with Gasteiger partial charge in [-0.25, -0.2) is 0 Å². The second-order valence-electron chi connectivity index (χ2n) is 5.60. The fourth-order valence-corrected chi connectivity index (χ4v) is 2.75. The molecule has 122 valence electrons. The first-order valence-corrected chi connectivity index (χ1v) is 7.93. The maximum Gasteiger partial charge on any atom is 0.255 e. The van der Waals surface area contributed by atoms with E-state index in [1.807, 2.05) is 37.3 Å². The predicted molar refractivity (Wildman–Crippen MR) is 92.9 cm³/mol. The number of aryl methyl sites for hydroxylation is 1. The highest BCUT2D eigenvalue weighted by Gasteiger charge is 2.18. The summed E-state index contributed by atoms with van der Waals surface area (Å²) in [6, 6.07) is 9.86. The molecule has 1 aromatic heterocycles. The number of amides is 1. The van der Waals surface area contributed by atoms with Crippen LogP contribution in [-0.4, -0.2) is 27.8 Å². The van der Waals surface area contributed by atoms with Crippen LogP contribution in [0.1, 0.15) is 36.2 Å². The first-order valence-electron chi connectivity index (χ1n) is 7.53. The van der Waals surface area contributed by atoms with Gasteiger partial charge in [-0.2, -0.15) is 0 Å². The van der Waals surface area contributed by atoms with Gasteiger partial charge in [-0.3, -0.25) is 14.6 Å². The Hall–Kier alpha value is -2.21. The van der Waals surface area contributed by atoms with Crippen molar-refractivity contribution in [3.8, 4) is 0 Å². The Balaban J connectivity index is 2.05. The number of aromatic nitrogens is 2. The molecule has 0 aliphatic rings. The molecule has 23 heavy (non-hydrogen) atoms. The maximum absolute atomic E-state index is 12.4. The molecular weight excluding hydrogens is 310 g/mol. The minimum atomic E-state index is -0.224. The van der Waals surface area contributed by atoms with E-state index in [9.17, 15) is 9.59 Å². The molecule has 2 N–H and O–H groups in total. The van der Waals surface area contributed by atoms with Crippen molar-refractivity contribution in [2.75, 3.05) is 7.05 Å². The SMILES string of the molecule is Cc1[nH]c(=S)[nH]c(=O)c1CCC(=O)N(C)[C@H](C)c1ccccc1. The number of rotatable bonds is 5. The van der Waals surface area contributed by atoms with Gasteiger partial charge in [0.15, 0.2) is 4.77 Å². The number of carbonyl (C=O) groups is 1. The summed E-state index contributed by atoms with van der Waals surface area (Å²) in [5.74, 6) is 0.00241. The van der Waals surface area contributed by atoms with Crippen molar-refractivity contribution in [1.82, 2.24) is 14.9 Å². The molecule has 0 spiro atoms. The highest BCUT2D eigenvalue weighted by atomic mass is 32.1. The summed E-state index contributed by atoms with van der Waals surface area (Å²) < 4.78 is 0.303. The molecular formula is C17H21N3O2S. The first-order chi connectivity index (χ1) is 10.9. The number of H-pyrrole nitrogens is 2. The van der Waals surface area contributed by atoms with E-state index in [-0.39, 0.29) is 23.9 Å². The summed E-state index contributed by atoms with van der Waals surface area (Å²) >= 11 is 4.93. The van der Waals surface area contributed by atoms with Crippen LogP contribution in [0.3, 0.4) is 0 Å². The Morgan fingerprint density at radius 3 is 2.52 bits per heavy atom. The molecule has 1 amide bonds. The van der Waals surface area contributed by atoms with Crippen molar-refractivity contribution >= 4 is 18.1 Å². The van der Waals surface area contributed by atoms with Crippen LogP contribution < -0.4 is 5.56 Å². The molecule has 5 nitrogen and oxygen atoms in total. The highest BCUT2D eigenvalue weighted by molar-refractivity contribution is 7.71. The normalized spacial score (nSPS) is 12.0. The Morgan fingerprint density at radius 2 is 1.91 bits per heavy atom. The van der Waals surface area contributed by atoms with Gasteiger partial charge in [-0.1, -0.05) is 30.3 Å². The van der Waals surface area contributed by atoms with E-state index in [1.54, 1.807) is 18.9 Å². The fraction of sp³-hybridized carbons (Fsp3) is 0.353. The average molecular weight is 331 g/mol. The van der Waals surface area contributed by atoms with E-state index in [2.05, 4.69) is 9.97 Å². The third kappa shape index (κ3) is 4.16. The van der Waals surface area contributed by atoms with Gasteiger partial charge >= 0.3 is 0 Å². The van der Waals surface area contributed by atoms with E-state index in [1.165, 1.54) is 0 Å². The van der Waals surface area contributed by atoms with Crippen molar-refractivity contribution < 1.29 is 4.79 Å². The number of nitrogens with zero attached hydrogens (tertiary/aromatic N) is 1. The van der Waals surface area contributed by atoms with Gasteiger partial charge < -0.3 is 9.88 Å². The smallest absolute Gasteiger partial charge is 0.255 e. The molecule has 1 aromatic carbocycles. The number of hydrogen-bond acceptors (Lipinski definition) is 3. The lowest BCUT2D eigenvalue weighted by atomic mass is 10.1. The van der Waals surface area contributed by atoms with Crippen molar-refractivity contribution in [3.05, 3.63) is 62.3 Å². The number of carbonyl (C=O) groups excluding carboxylic acids is 1. The van der Waals surface area contributed by atoms with Crippen LogP contribution in [0.15, 0.2) is 35.1 Å². The fourth-order valence-electron chi connectivity index (χ4n) is 2.51. The second-order valence-corrected chi connectivity index (χ2v) is 6.01. The minimum Gasteiger partial charge on any atom is -0.339 e. The second kappa shape index (κ2) is 7.37. The van der Waals surface area contributed by atoms with E-state index < -0.39 is 0 Å². The largest absolute Gasteiger partial charge is 0.339 e. The zero-order valence-electron chi connectivity index (χ0n) is 13.6. The van der Waals surface area contributed by atoms with Crippen LogP contribution in [0.5, 0.6) is 0 Å². The third-order valence-corrected chi connectivity index (χ3v) is 4.30. The topological polar surface area (TPSA) is 69.0 Å². The van der Waals surface area contributed by atoms with Gasteiger partial charge in [0.25, 0.3) is 5.56 Å². The van der Waals surface area contributed by atoms with Gasteiger partial charge in [-0.05, 0) is 38.0 Å². The van der Waals surface area contributed by atoms with Gasteiger partial charge in [0.05, 0.1) is 6.04 Å². The Morgan fingerprint density at radius 1 is 1.26 bits per heavy atom. The minimum absolute atomic E-state index is 0.00241. The van der Waals surface area contributed by atoms with E-state index >= 15 is 0 Å². The van der Waals surface area contributed by atoms with Crippen molar-refractivity contribution in [2.45, 2.75) is 32.7 Å². The van der Waals surface area contributed by atoms with Crippen LogP contribution in [0.25, 0.3) is 0 Å². The van der Waals surface area contributed by atoms with Gasteiger partial charge in [-0.15, -0.1) is 0 Å².